The highest BCUT2D eigenvalue weighted by Gasteiger charge is 2.42. The Morgan fingerprint density at radius 2 is 1.81 bits per heavy atom. The molecular weight excluding hydrogens is 579 g/mol. The van der Waals surface area contributed by atoms with E-state index in [9.17, 15) is 31.5 Å². The van der Waals surface area contributed by atoms with Gasteiger partial charge < -0.3 is 19.5 Å². The van der Waals surface area contributed by atoms with Gasteiger partial charge in [-0.15, -0.1) is 0 Å². The number of benzene rings is 2. The third-order valence-corrected chi connectivity index (χ3v) is 6.83. The molecule has 1 N–H and O–H groups in total. The van der Waals surface area contributed by atoms with E-state index >= 15 is 0 Å². The monoisotopic (exact) mass is 602 g/mol. The number of hydrogen-bond donors (Lipinski definition) is 1. The molecule has 1 aliphatic rings. The summed E-state index contributed by atoms with van der Waals surface area (Å²) in [4.78, 5) is 29.4. The number of halogens is 5. The Kier molecular flexibility index (Phi) is 8.02. The SMILES string of the molecule is CN(C(=O)c1cccc(-n2nc(C(F)(F)F)c3c2[C@H](Oc2ccc(C(=O)O)cc2)CCC3)c1)c1ccnc(OC(F)F)c1. The molecule has 0 saturated heterocycles. The number of amides is 1. The van der Waals surface area contributed by atoms with Crippen LogP contribution in [0.1, 0.15) is 56.6 Å². The van der Waals surface area contributed by atoms with Crippen molar-refractivity contribution in [3.63, 3.8) is 0 Å². The highest BCUT2D eigenvalue weighted by atomic mass is 19.4. The van der Waals surface area contributed by atoms with Crippen LogP contribution in [0, 0.1) is 0 Å². The molecule has 1 amide bonds. The Bertz CT molecular complexity index is 1660. The molecule has 2 aromatic carbocycles. The first-order valence-corrected chi connectivity index (χ1v) is 12.9. The standard InChI is InChI=1S/C29H23F5N4O5/c1-37(18-12-13-35-23(15-18)43-28(30)31)26(39)17-4-2-5-19(14-17)38-24-21(25(36-38)29(32,33)34)6-3-7-22(24)42-20-10-8-16(9-11-20)27(40)41/h2,4-5,8-15,22,28H,3,6-7H2,1H3,(H,40,41)/t22-/m1/s1. The van der Waals surface area contributed by atoms with Gasteiger partial charge in [-0.2, -0.15) is 27.1 Å². The first kappa shape index (κ1) is 29.5. The van der Waals surface area contributed by atoms with Gasteiger partial charge in [0.1, 0.15) is 11.9 Å². The second-order valence-electron chi connectivity index (χ2n) is 9.60. The molecular formula is C29H23F5N4O5. The van der Waals surface area contributed by atoms with Gasteiger partial charge in [-0.25, -0.2) is 14.5 Å². The number of rotatable bonds is 8. The average Bonchev–Trinajstić information content (AvgIpc) is 3.38. The van der Waals surface area contributed by atoms with Gasteiger partial charge in [0.2, 0.25) is 5.88 Å². The minimum atomic E-state index is -4.76. The number of pyridine rings is 1. The minimum absolute atomic E-state index is 0.0249. The molecule has 0 unspecified atom stereocenters. The fourth-order valence-electron chi connectivity index (χ4n) is 4.87. The lowest BCUT2D eigenvalue weighted by molar-refractivity contribution is -0.142. The van der Waals surface area contributed by atoms with Crippen molar-refractivity contribution in [2.24, 2.45) is 0 Å². The van der Waals surface area contributed by atoms with Gasteiger partial charge in [0.25, 0.3) is 5.91 Å². The maximum absolute atomic E-state index is 14.1. The summed E-state index contributed by atoms with van der Waals surface area (Å²) in [5.41, 5.74) is -0.446. The van der Waals surface area contributed by atoms with E-state index in [-0.39, 0.29) is 45.9 Å². The number of fused-ring (bicyclic) bond motifs is 1. The number of anilines is 1. The summed E-state index contributed by atoms with van der Waals surface area (Å²) in [6.45, 7) is -3.11. The summed E-state index contributed by atoms with van der Waals surface area (Å²) in [6, 6.07) is 13.9. The van der Waals surface area contributed by atoms with Crippen LogP contribution in [-0.2, 0) is 12.6 Å². The minimum Gasteiger partial charge on any atom is -0.484 e. The van der Waals surface area contributed by atoms with Gasteiger partial charge in [0.15, 0.2) is 5.69 Å². The fourth-order valence-corrected chi connectivity index (χ4v) is 4.87. The molecule has 0 radical (unpaired) electrons. The molecule has 1 aliphatic carbocycles. The maximum atomic E-state index is 14.1. The summed E-state index contributed by atoms with van der Waals surface area (Å²) < 4.78 is 79.0. The molecule has 2 heterocycles. The molecule has 0 aliphatic heterocycles. The van der Waals surface area contributed by atoms with Crippen molar-refractivity contribution >= 4 is 17.6 Å². The van der Waals surface area contributed by atoms with Gasteiger partial charge in [-0.1, -0.05) is 6.07 Å². The Morgan fingerprint density at radius 3 is 2.49 bits per heavy atom. The van der Waals surface area contributed by atoms with Crippen LogP contribution >= 0.6 is 0 Å². The van der Waals surface area contributed by atoms with E-state index < -0.39 is 42.3 Å². The molecule has 14 heteroatoms. The highest BCUT2D eigenvalue weighted by molar-refractivity contribution is 6.06. The highest BCUT2D eigenvalue weighted by Crippen LogP contribution is 2.42. The summed E-state index contributed by atoms with van der Waals surface area (Å²) in [5, 5.41) is 13.1. The molecule has 224 valence electrons. The second kappa shape index (κ2) is 11.7. The van der Waals surface area contributed by atoms with E-state index in [0.717, 1.165) is 15.6 Å². The molecule has 2 aromatic heterocycles. The van der Waals surface area contributed by atoms with Crippen LogP contribution in [-0.4, -0.2) is 45.4 Å². The number of carboxylic acids is 1. The predicted octanol–water partition coefficient (Wildman–Crippen LogP) is 6.32. The number of ether oxygens (including phenoxy) is 2. The lowest BCUT2D eigenvalue weighted by Crippen LogP contribution is -2.26. The lowest BCUT2D eigenvalue weighted by atomic mass is 9.92. The summed E-state index contributed by atoms with van der Waals surface area (Å²) >= 11 is 0. The summed E-state index contributed by atoms with van der Waals surface area (Å²) in [5.74, 6) is -1.85. The van der Waals surface area contributed by atoms with Crippen LogP contribution < -0.4 is 14.4 Å². The molecule has 0 fully saturated rings. The van der Waals surface area contributed by atoms with Crippen LogP contribution in [0.3, 0.4) is 0 Å². The summed E-state index contributed by atoms with van der Waals surface area (Å²) in [6.07, 6.45) is -3.55. The summed E-state index contributed by atoms with van der Waals surface area (Å²) in [7, 11) is 1.40. The van der Waals surface area contributed by atoms with Crippen molar-refractivity contribution in [1.82, 2.24) is 14.8 Å². The first-order valence-electron chi connectivity index (χ1n) is 12.9. The largest absolute Gasteiger partial charge is 0.484 e. The third kappa shape index (κ3) is 6.27. The molecule has 43 heavy (non-hydrogen) atoms. The van der Waals surface area contributed by atoms with Crippen molar-refractivity contribution in [2.45, 2.75) is 38.2 Å². The van der Waals surface area contributed by atoms with E-state index in [2.05, 4.69) is 14.8 Å². The third-order valence-electron chi connectivity index (χ3n) is 6.83. The van der Waals surface area contributed by atoms with Gasteiger partial charge in [0, 0.05) is 30.4 Å². The number of carbonyl (C=O) groups is 2. The number of aromatic nitrogens is 3. The Hall–Kier alpha value is -5.01. The predicted molar refractivity (Wildman–Crippen MR) is 142 cm³/mol. The van der Waals surface area contributed by atoms with Crippen LogP contribution in [0.5, 0.6) is 11.6 Å². The second-order valence-corrected chi connectivity index (χ2v) is 9.60. The van der Waals surface area contributed by atoms with Gasteiger partial charge >= 0.3 is 18.8 Å². The van der Waals surface area contributed by atoms with Crippen molar-refractivity contribution in [3.8, 4) is 17.3 Å². The van der Waals surface area contributed by atoms with Crippen molar-refractivity contribution in [2.75, 3.05) is 11.9 Å². The molecule has 4 aromatic rings. The van der Waals surface area contributed by atoms with Crippen LogP contribution in [0.2, 0.25) is 0 Å². The van der Waals surface area contributed by atoms with E-state index in [4.69, 9.17) is 9.84 Å². The fraction of sp³-hybridized carbons (Fsp3) is 0.241. The van der Waals surface area contributed by atoms with E-state index in [1.807, 2.05) is 0 Å². The molecule has 0 bridgehead atoms. The normalized spacial score (nSPS) is 14.7. The van der Waals surface area contributed by atoms with Gasteiger partial charge in [-0.3, -0.25) is 4.79 Å². The number of hydrogen-bond acceptors (Lipinski definition) is 6. The van der Waals surface area contributed by atoms with Crippen LogP contribution in [0.4, 0.5) is 27.6 Å². The maximum Gasteiger partial charge on any atom is 0.435 e. The van der Waals surface area contributed by atoms with Crippen LogP contribution in [0.25, 0.3) is 5.69 Å². The Balaban J connectivity index is 1.51. The zero-order chi connectivity index (χ0) is 30.9. The first-order chi connectivity index (χ1) is 20.4. The number of aromatic carboxylic acids is 1. The van der Waals surface area contributed by atoms with E-state index in [1.165, 1.54) is 67.8 Å². The molecule has 0 spiro atoms. The van der Waals surface area contributed by atoms with E-state index in [0.29, 0.717) is 12.8 Å². The Morgan fingerprint density at radius 1 is 1.07 bits per heavy atom. The Labute approximate surface area is 241 Å². The quantitative estimate of drug-likeness (QED) is 0.235. The van der Waals surface area contributed by atoms with Crippen LogP contribution in [0.15, 0.2) is 66.9 Å². The lowest BCUT2D eigenvalue weighted by Gasteiger charge is -2.26. The van der Waals surface area contributed by atoms with E-state index in [1.54, 1.807) is 0 Å². The smallest absolute Gasteiger partial charge is 0.435 e. The molecule has 1 atom stereocenters. The number of nitrogens with zero attached hydrogens (tertiary/aromatic N) is 4. The molecule has 0 saturated carbocycles. The average molecular weight is 603 g/mol. The van der Waals surface area contributed by atoms with Gasteiger partial charge in [-0.05, 0) is 67.8 Å². The number of carbonyl (C=O) groups excluding carboxylic acids is 1. The topological polar surface area (TPSA) is 107 Å². The number of alkyl halides is 5. The number of carboxylic acid groups (broad SMARTS) is 1. The zero-order valence-electron chi connectivity index (χ0n) is 22.4. The molecule has 9 nitrogen and oxygen atoms in total. The molecule has 5 rings (SSSR count). The van der Waals surface area contributed by atoms with Crippen molar-refractivity contribution in [1.29, 1.82) is 0 Å². The zero-order valence-corrected chi connectivity index (χ0v) is 22.4. The van der Waals surface area contributed by atoms with Crippen molar-refractivity contribution in [3.05, 3.63) is 94.9 Å². The van der Waals surface area contributed by atoms with Gasteiger partial charge in [0.05, 0.1) is 22.6 Å². The van der Waals surface area contributed by atoms with Crippen molar-refractivity contribution < 1.29 is 46.1 Å².